The van der Waals surface area contributed by atoms with Crippen LogP contribution in [0.1, 0.15) is 33.3 Å². The Balaban J connectivity index is 2.56. The molecule has 0 bridgehead atoms. The first-order chi connectivity index (χ1) is 7.58. The molecular weight excluding hydrogens is 194 g/mol. The van der Waals surface area contributed by atoms with Gasteiger partial charge in [0.2, 0.25) is 0 Å². The van der Waals surface area contributed by atoms with Gasteiger partial charge in [0, 0.05) is 17.4 Å². The molecule has 1 rings (SSSR count). The summed E-state index contributed by atoms with van der Waals surface area (Å²) in [6, 6.07) is 10.8. The SMILES string of the molecule is CC(C)C[N+](Cc1ccccc1)CC(C)C. The maximum atomic E-state index is 2.56. The van der Waals surface area contributed by atoms with Crippen molar-refractivity contribution in [3.8, 4) is 0 Å². The molecule has 16 heavy (non-hydrogen) atoms. The fourth-order valence-electron chi connectivity index (χ4n) is 2.08. The van der Waals surface area contributed by atoms with Gasteiger partial charge in [0.05, 0.1) is 0 Å². The monoisotopic (exact) mass is 219 g/mol. The largest absolute Gasteiger partial charge is 0.165 e. The lowest BCUT2D eigenvalue weighted by molar-refractivity contribution is 0.323. The van der Waals surface area contributed by atoms with Crippen molar-refractivity contribution < 1.29 is 0 Å². The molecule has 0 unspecified atom stereocenters. The topological polar surface area (TPSA) is 5.90 Å². The Morgan fingerprint density at radius 2 is 1.38 bits per heavy atom. The molecule has 0 aliphatic heterocycles. The van der Waals surface area contributed by atoms with E-state index in [1.807, 2.05) is 0 Å². The van der Waals surface area contributed by atoms with Gasteiger partial charge >= 0.3 is 0 Å². The normalized spacial score (nSPS) is 11.7. The Morgan fingerprint density at radius 1 is 0.875 bits per heavy atom. The molecule has 0 heterocycles. The highest BCUT2D eigenvalue weighted by atomic mass is 15.1. The van der Waals surface area contributed by atoms with Gasteiger partial charge in [-0.05, 0) is 0 Å². The fourth-order valence-corrected chi connectivity index (χ4v) is 2.08. The summed E-state index contributed by atoms with van der Waals surface area (Å²) < 4.78 is 0. The quantitative estimate of drug-likeness (QED) is 0.644. The molecule has 1 nitrogen and oxygen atoms in total. The fraction of sp³-hybridized carbons (Fsp3) is 0.600. The minimum Gasteiger partial charge on any atom is -0.165 e. The van der Waals surface area contributed by atoms with E-state index in [4.69, 9.17) is 0 Å². The number of hydrogen-bond donors (Lipinski definition) is 0. The van der Waals surface area contributed by atoms with Gasteiger partial charge in [0.25, 0.3) is 0 Å². The van der Waals surface area contributed by atoms with Crippen molar-refractivity contribution in [2.24, 2.45) is 11.8 Å². The molecule has 1 aromatic rings. The predicted molar refractivity (Wildman–Crippen MR) is 71.7 cm³/mol. The molecular formula is C15H25N+. The van der Waals surface area contributed by atoms with Crippen LogP contribution < -0.4 is 4.90 Å². The number of benzene rings is 1. The van der Waals surface area contributed by atoms with E-state index in [9.17, 15) is 0 Å². The standard InChI is InChI=1S/C15H25N/c1-13(2)10-16(11-14(3)4)12-15-8-6-5-7-9-15/h5-9,13-14H,10-12H2,1-4H3/q+1. The van der Waals surface area contributed by atoms with Gasteiger partial charge in [-0.3, -0.25) is 0 Å². The Morgan fingerprint density at radius 3 is 1.81 bits per heavy atom. The average molecular weight is 219 g/mol. The number of rotatable bonds is 6. The first kappa shape index (κ1) is 13.2. The molecule has 0 N–H and O–H groups in total. The van der Waals surface area contributed by atoms with Crippen molar-refractivity contribution in [1.82, 2.24) is 4.90 Å². The lowest BCUT2D eigenvalue weighted by Gasteiger charge is -2.16. The summed E-state index contributed by atoms with van der Waals surface area (Å²) in [5, 5.41) is 0. The average Bonchev–Trinajstić information content (AvgIpc) is 2.16. The zero-order valence-corrected chi connectivity index (χ0v) is 11.1. The molecule has 0 aromatic heterocycles. The Hall–Kier alpha value is -0.820. The Kier molecular flexibility index (Phi) is 5.54. The summed E-state index contributed by atoms with van der Waals surface area (Å²) in [6.07, 6.45) is 0. The van der Waals surface area contributed by atoms with Crippen LogP contribution in [0.3, 0.4) is 0 Å². The third-order valence-electron chi connectivity index (χ3n) is 2.50. The van der Waals surface area contributed by atoms with Gasteiger partial charge in [0.1, 0.15) is 19.6 Å². The summed E-state index contributed by atoms with van der Waals surface area (Å²) in [5.41, 5.74) is 1.42. The van der Waals surface area contributed by atoms with Crippen molar-refractivity contribution >= 4 is 0 Å². The lowest BCUT2D eigenvalue weighted by Crippen LogP contribution is -2.36. The van der Waals surface area contributed by atoms with E-state index in [1.165, 1.54) is 18.7 Å². The van der Waals surface area contributed by atoms with E-state index in [0.717, 1.165) is 18.4 Å². The van der Waals surface area contributed by atoms with Gasteiger partial charge in [-0.25, -0.2) is 0 Å². The zero-order valence-electron chi connectivity index (χ0n) is 11.1. The van der Waals surface area contributed by atoms with E-state index in [2.05, 4.69) is 62.9 Å². The maximum absolute atomic E-state index is 2.56. The molecule has 89 valence electrons. The van der Waals surface area contributed by atoms with Crippen LogP contribution in [0.4, 0.5) is 0 Å². The van der Waals surface area contributed by atoms with Crippen LogP contribution in [-0.4, -0.2) is 13.1 Å². The first-order valence-electron chi connectivity index (χ1n) is 6.34. The van der Waals surface area contributed by atoms with Crippen molar-refractivity contribution in [1.29, 1.82) is 0 Å². The zero-order chi connectivity index (χ0) is 12.0. The van der Waals surface area contributed by atoms with Crippen molar-refractivity contribution in [3.05, 3.63) is 35.9 Å². The summed E-state index contributed by atoms with van der Waals surface area (Å²) in [5.74, 6) is 1.48. The molecule has 0 aliphatic carbocycles. The molecule has 0 saturated carbocycles. The highest BCUT2D eigenvalue weighted by Gasteiger charge is 2.18. The van der Waals surface area contributed by atoms with E-state index in [-0.39, 0.29) is 0 Å². The number of hydrogen-bond acceptors (Lipinski definition) is 1. The second-order valence-corrected chi connectivity index (χ2v) is 5.47. The van der Waals surface area contributed by atoms with Crippen LogP contribution in [0.15, 0.2) is 30.3 Å². The van der Waals surface area contributed by atoms with Crippen LogP contribution in [-0.2, 0) is 6.54 Å². The molecule has 0 aliphatic rings. The van der Waals surface area contributed by atoms with E-state index < -0.39 is 0 Å². The second-order valence-electron chi connectivity index (χ2n) is 5.47. The van der Waals surface area contributed by atoms with Crippen LogP contribution >= 0.6 is 0 Å². The smallest absolute Gasteiger partial charge is 0.148 e. The molecule has 0 spiro atoms. The molecule has 0 fully saturated rings. The van der Waals surface area contributed by atoms with Crippen LogP contribution in [0.2, 0.25) is 0 Å². The molecule has 0 saturated heterocycles. The van der Waals surface area contributed by atoms with Crippen LogP contribution in [0.25, 0.3) is 0 Å². The van der Waals surface area contributed by atoms with Gasteiger partial charge in [-0.15, -0.1) is 0 Å². The molecule has 1 radical (unpaired) electrons. The molecule has 1 aromatic carbocycles. The van der Waals surface area contributed by atoms with Crippen molar-refractivity contribution in [2.75, 3.05) is 13.1 Å². The lowest BCUT2D eigenvalue weighted by atomic mass is 10.1. The summed E-state index contributed by atoms with van der Waals surface area (Å²) in [4.78, 5) is 2.56. The third-order valence-corrected chi connectivity index (χ3v) is 2.50. The van der Waals surface area contributed by atoms with Crippen molar-refractivity contribution in [2.45, 2.75) is 34.2 Å². The summed E-state index contributed by atoms with van der Waals surface area (Å²) in [6.45, 7) is 12.6. The minimum atomic E-state index is 0.738. The Bertz CT molecular complexity index is 267. The molecule has 1 heteroatoms. The van der Waals surface area contributed by atoms with Gasteiger partial charge in [-0.2, -0.15) is 4.90 Å². The third kappa shape index (κ3) is 5.32. The van der Waals surface area contributed by atoms with E-state index in [1.54, 1.807) is 0 Å². The molecule has 0 amide bonds. The van der Waals surface area contributed by atoms with Crippen molar-refractivity contribution in [3.63, 3.8) is 0 Å². The summed E-state index contributed by atoms with van der Waals surface area (Å²) in [7, 11) is 0. The Labute approximate surface area is 100 Å². The highest BCUT2D eigenvalue weighted by Crippen LogP contribution is 2.07. The maximum Gasteiger partial charge on any atom is 0.148 e. The van der Waals surface area contributed by atoms with Gasteiger partial charge in [0.15, 0.2) is 0 Å². The first-order valence-corrected chi connectivity index (χ1v) is 6.34. The molecule has 0 atom stereocenters. The predicted octanol–water partition coefficient (Wildman–Crippen LogP) is 3.64. The highest BCUT2D eigenvalue weighted by molar-refractivity contribution is 5.14. The second kappa shape index (κ2) is 6.70. The van der Waals surface area contributed by atoms with E-state index in [0.29, 0.717) is 0 Å². The van der Waals surface area contributed by atoms with Crippen LogP contribution in [0, 0.1) is 11.8 Å². The minimum absolute atomic E-state index is 0.738. The van der Waals surface area contributed by atoms with Crippen LogP contribution in [0.5, 0.6) is 0 Å². The number of nitrogens with zero attached hydrogens (tertiary/aromatic N) is 1. The van der Waals surface area contributed by atoms with E-state index >= 15 is 0 Å². The van der Waals surface area contributed by atoms with Gasteiger partial charge < -0.3 is 0 Å². The van der Waals surface area contributed by atoms with Gasteiger partial charge in [-0.1, -0.05) is 58.0 Å². The summed E-state index contributed by atoms with van der Waals surface area (Å²) >= 11 is 0.